The molecule has 1 aliphatic carbocycles. The van der Waals surface area contributed by atoms with Crippen LogP contribution in [0.5, 0.6) is 0 Å². The van der Waals surface area contributed by atoms with Gasteiger partial charge in [-0.25, -0.2) is 24.5 Å². The Bertz CT molecular complexity index is 2280. The number of alkyl halides is 3. The molecule has 1 aliphatic rings. The van der Waals surface area contributed by atoms with Crippen molar-refractivity contribution >= 4 is 46.5 Å². The summed E-state index contributed by atoms with van der Waals surface area (Å²) in [5.74, 6) is -3.61. The highest BCUT2D eigenvalue weighted by Gasteiger charge is 2.44. The minimum absolute atomic E-state index is 0.0460. The lowest BCUT2D eigenvalue weighted by Crippen LogP contribution is -2.42. The standard InChI is InChI=1S/C38H40N10O5.C2HF3O2/c1-2-30(49)45-28-19-29(33(51)32(28)50)48-22-43-31-34(42-21-27(24-11-5-3-6-12-24)25-13-7-4-8-14-25)46-35(47-36(31)48)37(52)40-16-17-41-38(53)44-26-15-9-10-23(18-26)20-39;3-2(4,5)1(6)7/h3-15,18,22,27-29,32-33,50-51H,2,16-17,19,21H2,1H3,(H,40,52)(H,45,49)(H2,41,44,53)(H,42,46,47);(H,6,7)/t28-,29+,32+,33-;/m0./s1. The Hall–Kier alpha value is -7.11. The van der Waals surface area contributed by atoms with Gasteiger partial charge in [0.25, 0.3) is 5.91 Å². The van der Waals surface area contributed by atoms with Crippen molar-refractivity contribution in [3.8, 4) is 6.07 Å². The number of halogens is 3. The number of aliphatic hydroxyl groups excluding tert-OH is 2. The minimum atomic E-state index is -5.08. The van der Waals surface area contributed by atoms with E-state index in [1.165, 1.54) is 6.33 Å². The van der Waals surface area contributed by atoms with Crippen LogP contribution < -0.4 is 26.6 Å². The third-order valence-corrected chi connectivity index (χ3v) is 9.37. The van der Waals surface area contributed by atoms with Crippen molar-refractivity contribution in [1.29, 1.82) is 5.26 Å². The van der Waals surface area contributed by atoms with E-state index in [-0.39, 0.29) is 55.0 Å². The van der Waals surface area contributed by atoms with Gasteiger partial charge >= 0.3 is 18.2 Å². The van der Waals surface area contributed by atoms with Crippen LogP contribution in [-0.2, 0) is 9.59 Å². The Morgan fingerprint density at radius 3 is 2.15 bits per heavy atom. The molecule has 1 fully saturated rings. The smallest absolute Gasteiger partial charge is 0.475 e. The molecule has 17 nitrogen and oxygen atoms in total. The maximum Gasteiger partial charge on any atom is 0.490 e. The first kappa shape index (κ1) is 44.0. The number of anilines is 2. The number of carboxylic acid groups (broad SMARTS) is 1. The predicted octanol–water partition coefficient (Wildman–Crippen LogP) is 3.69. The summed E-state index contributed by atoms with van der Waals surface area (Å²) in [5, 5.41) is 52.3. The van der Waals surface area contributed by atoms with E-state index in [4.69, 9.17) is 15.2 Å². The second-order valence-electron chi connectivity index (χ2n) is 13.4. The number of nitriles is 1. The fraction of sp³-hybridized carbons (Fsp3) is 0.300. The second-order valence-corrected chi connectivity index (χ2v) is 13.4. The molecule has 0 spiro atoms. The van der Waals surface area contributed by atoms with Crippen LogP contribution in [0.25, 0.3) is 11.2 Å². The van der Waals surface area contributed by atoms with Crippen LogP contribution in [0.4, 0.5) is 29.5 Å². The number of fused-ring (bicyclic) bond motifs is 1. The summed E-state index contributed by atoms with van der Waals surface area (Å²) in [5.41, 5.74) is 3.58. The number of aromatic nitrogens is 4. The highest BCUT2D eigenvalue weighted by Crippen LogP contribution is 2.34. The maximum absolute atomic E-state index is 13.5. The van der Waals surface area contributed by atoms with Crippen molar-refractivity contribution in [2.45, 2.75) is 56.2 Å². The number of carbonyl (C=O) groups is 4. The lowest BCUT2D eigenvalue weighted by molar-refractivity contribution is -0.192. The number of hydrogen-bond donors (Lipinski definition) is 8. The van der Waals surface area contributed by atoms with Crippen LogP contribution in [0, 0.1) is 11.3 Å². The molecule has 0 aliphatic heterocycles. The third kappa shape index (κ3) is 11.3. The Morgan fingerprint density at radius 1 is 0.917 bits per heavy atom. The van der Waals surface area contributed by atoms with Gasteiger partial charge in [-0.15, -0.1) is 0 Å². The molecule has 6 rings (SSSR count). The van der Waals surface area contributed by atoms with Gasteiger partial charge in [-0.3, -0.25) is 9.59 Å². The molecule has 60 heavy (non-hydrogen) atoms. The van der Waals surface area contributed by atoms with Crippen LogP contribution >= 0.6 is 0 Å². The van der Waals surface area contributed by atoms with Gasteiger partial charge < -0.3 is 46.5 Å². The molecule has 1 saturated carbocycles. The number of imidazole rings is 1. The summed E-state index contributed by atoms with van der Waals surface area (Å²) < 4.78 is 33.3. The summed E-state index contributed by atoms with van der Waals surface area (Å²) in [6.45, 7) is 2.21. The van der Waals surface area contributed by atoms with Crippen molar-refractivity contribution in [1.82, 2.24) is 35.5 Å². The second kappa shape index (κ2) is 20.0. The molecule has 8 N–H and O–H groups in total. The molecule has 20 heteroatoms. The molecular formula is C40H41F3N10O7. The topological polar surface area (TPSA) is 257 Å². The van der Waals surface area contributed by atoms with E-state index >= 15 is 0 Å². The van der Waals surface area contributed by atoms with Crippen molar-refractivity contribution in [2.75, 3.05) is 30.3 Å². The zero-order chi connectivity index (χ0) is 43.4. The van der Waals surface area contributed by atoms with E-state index in [0.29, 0.717) is 23.3 Å². The van der Waals surface area contributed by atoms with Crippen LogP contribution in [0.2, 0.25) is 0 Å². The lowest BCUT2D eigenvalue weighted by atomic mass is 9.91. The summed E-state index contributed by atoms with van der Waals surface area (Å²) in [6, 6.07) is 26.5. The average Bonchev–Trinajstić information content (AvgIpc) is 3.79. The van der Waals surface area contributed by atoms with Crippen molar-refractivity contribution in [2.24, 2.45) is 0 Å². The van der Waals surface area contributed by atoms with E-state index in [9.17, 15) is 37.8 Å². The van der Waals surface area contributed by atoms with Gasteiger partial charge in [-0.2, -0.15) is 18.4 Å². The highest BCUT2D eigenvalue weighted by molar-refractivity contribution is 5.94. The zero-order valence-corrected chi connectivity index (χ0v) is 31.9. The van der Waals surface area contributed by atoms with Gasteiger partial charge in [0, 0.05) is 37.7 Å². The van der Waals surface area contributed by atoms with Crippen molar-refractivity contribution in [3.05, 3.63) is 114 Å². The normalized spacial score (nSPS) is 17.2. The number of rotatable bonds is 13. The first-order chi connectivity index (χ1) is 28.7. The van der Waals surface area contributed by atoms with Crippen LogP contribution in [0.1, 0.15) is 59.0 Å². The summed E-state index contributed by atoms with van der Waals surface area (Å²) >= 11 is 0. The van der Waals surface area contributed by atoms with Gasteiger partial charge in [0.1, 0.15) is 17.7 Å². The monoisotopic (exact) mass is 830 g/mol. The Morgan fingerprint density at radius 2 is 1.55 bits per heavy atom. The number of nitrogens with one attached hydrogen (secondary N) is 5. The predicted molar refractivity (Wildman–Crippen MR) is 211 cm³/mol. The van der Waals surface area contributed by atoms with Gasteiger partial charge in [0.15, 0.2) is 11.5 Å². The van der Waals surface area contributed by atoms with Gasteiger partial charge in [0.2, 0.25) is 11.7 Å². The van der Waals surface area contributed by atoms with Gasteiger partial charge in [-0.1, -0.05) is 73.7 Å². The molecule has 4 atom stereocenters. The summed E-state index contributed by atoms with van der Waals surface area (Å²) in [4.78, 5) is 60.7. The number of amides is 4. The van der Waals surface area contributed by atoms with E-state index in [1.54, 1.807) is 35.8 Å². The first-order valence-corrected chi connectivity index (χ1v) is 18.6. The van der Waals surface area contributed by atoms with Crippen molar-refractivity contribution < 1.29 is 47.7 Å². The number of carbonyl (C=O) groups excluding carboxylic acids is 3. The van der Waals surface area contributed by atoms with Crippen LogP contribution in [-0.4, -0.2) is 103 Å². The number of urea groups is 1. The van der Waals surface area contributed by atoms with E-state index in [1.807, 2.05) is 66.7 Å². The molecule has 2 aromatic heterocycles. The van der Waals surface area contributed by atoms with E-state index in [0.717, 1.165) is 11.1 Å². The number of hydrogen-bond acceptors (Lipinski definition) is 11. The molecule has 0 bridgehead atoms. The van der Waals surface area contributed by atoms with E-state index < -0.39 is 48.4 Å². The fourth-order valence-corrected chi connectivity index (χ4v) is 6.39. The van der Waals surface area contributed by atoms with Crippen LogP contribution in [0.3, 0.4) is 0 Å². The largest absolute Gasteiger partial charge is 0.490 e. The van der Waals surface area contributed by atoms with Gasteiger partial charge in [0.05, 0.1) is 30.0 Å². The number of aliphatic carboxylic acids is 1. The molecule has 2 heterocycles. The molecule has 0 unspecified atom stereocenters. The molecule has 0 saturated heterocycles. The number of aliphatic hydroxyl groups is 2. The first-order valence-electron chi connectivity index (χ1n) is 18.6. The van der Waals surface area contributed by atoms with Crippen LogP contribution in [0.15, 0.2) is 91.3 Å². The number of carboxylic acids is 1. The minimum Gasteiger partial charge on any atom is -0.475 e. The summed E-state index contributed by atoms with van der Waals surface area (Å²) in [6.07, 6.45) is -5.66. The third-order valence-electron chi connectivity index (χ3n) is 9.37. The Kier molecular flexibility index (Phi) is 14.7. The summed E-state index contributed by atoms with van der Waals surface area (Å²) in [7, 11) is 0. The molecule has 0 radical (unpaired) electrons. The molecule has 314 valence electrons. The van der Waals surface area contributed by atoms with Crippen molar-refractivity contribution in [3.63, 3.8) is 0 Å². The quantitative estimate of drug-likeness (QED) is 0.0791. The fourth-order valence-electron chi connectivity index (χ4n) is 6.39. The molecular weight excluding hydrogens is 789 g/mol. The number of benzene rings is 3. The maximum atomic E-state index is 13.5. The van der Waals surface area contributed by atoms with Gasteiger partial charge in [-0.05, 0) is 35.7 Å². The molecule has 4 amide bonds. The SMILES string of the molecule is CCC(=O)N[C@H]1C[C@@H](n2cnc3c(NCC(c4ccccc4)c4ccccc4)nc(C(=O)NCCNC(=O)Nc4cccc(C#N)c4)nc32)[C@H](O)[C@@H]1O.O=C(O)C(F)(F)F. The lowest BCUT2D eigenvalue weighted by Gasteiger charge is -2.20. The highest BCUT2D eigenvalue weighted by atomic mass is 19.4. The molecule has 3 aromatic carbocycles. The Labute approximate surface area is 340 Å². The van der Waals surface area contributed by atoms with E-state index in [2.05, 4.69) is 41.5 Å². The number of nitrogens with zero attached hydrogens (tertiary/aromatic N) is 5. The average molecular weight is 831 g/mol. The Balaban J connectivity index is 0.000000896. The zero-order valence-electron chi connectivity index (χ0n) is 31.9. The molecule has 5 aromatic rings.